The second kappa shape index (κ2) is 9.77. The molecule has 0 spiro atoms. The molecule has 2 heterocycles. The number of sulfonamides is 1. The number of fused-ring (bicyclic) bond motifs is 1. The van der Waals surface area contributed by atoms with Crippen molar-refractivity contribution in [3.63, 3.8) is 0 Å². The number of aryl methyl sites for hydroxylation is 1. The van der Waals surface area contributed by atoms with Gasteiger partial charge in [-0.05, 0) is 36.8 Å². The predicted molar refractivity (Wildman–Crippen MR) is 117 cm³/mol. The molecule has 1 atom stereocenters. The van der Waals surface area contributed by atoms with Crippen molar-refractivity contribution in [1.29, 1.82) is 0 Å². The van der Waals surface area contributed by atoms with Gasteiger partial charge in [0.05, 0.1) is 18.1 Å². The van der Waals surface area contributed by atoms with Gasteiger partial charge in [0.25, 0.3) is 5.91 Å². The maximum atomic E-state index is 13.0. The molecule has 2 aromatic rings. The minimum Gasteiger partial charge on any atom is -0.485 e. The molecule has 1 saturated heterocycles. The predicted octanol–water partition coefficient (Wildman–Crippen LogP) is 1.34. The van der Waals surface area contributed by atoms with E-state index in [0.717, 1.165) is 0 Å². The highest BCUT2D eigenvalue weighted by atomic mass is 32.2. The highest BCUT2D eigenvalue weighted by Crippen LogP contribution is 2.31. The SMILES string of the molecule is Cc1ccc(NC(=O)COC(=O)[C@@H]2COc3ccccc3O2)cc1S(=O)(=O)N1CCOCC1. The number of carbonyl (C=O) groups is 2. The van der Waals surface area contributed by atoms with Crippen molar-refractivity contribution in [2.45, 2.75) is 17.9 Å². The summed E-state index contributed by atoms with van der Waals surface area (Å²) in [6.07, 6.45) is -0.989. The van der Waals surface area contributed by atoms with E-state index in [1.807, 2.05) is 0 Å². The molecular formula is C22H24N2O8S. The molecule has 176 valence electrons. The average molecular weight is 477 g/mol. The lowest BCUT2D eigenvalue weighted by Crippen LogP contribution is -2.40. The van der Waals surface area contributed by atoms with E-state index < -0.39 is 34.6 Å². The molecular weight excluding hydrogens is 452 g/mol. The van der Waals surface area contributed by atoms with Crippen LogP contribution in [0.1, 0.15) is 5.56 Å². The summed E-state index contributed by atoms with van der Waals surface area (Å²) in [6, 6.07) is 11.5. The molecule has 0 radical (unpaired) electrons. The summed E-state index contributed by atoms with van der Waals surface area (Å²) < 4.78 is 48.6. The lowest BCUT2D eigenvalue weighted by atomic mass is 10.2. The summed E-state index contributed by atoms with van der Waals surface area (Å²) in [7, 11) is -3.73. The third kappa shape index (κ3) is 5.27. The van der Waals surface area contributed by atoms with Gasteiger partial charge >= 0.3 is 5.97 Å². The van der Waals surface area contributed by atoms with Crippen LogP contribution in [0.3, 0.4) is 0 Å². The normalized spacial score (nSPS) is 18.4. The standard InChI is InChI=1S/C22H24N2O8S/c1-15-6-7-16(12-20(15)33(27,28)24-8-10-29-11-9-24)23-21(25)14-31-22(26)19-13-30-17-4-2-3-5-18(17)32-19/h2-7,12,19H,8-11,13-14H2,1H3,(H,23,25)/t19-/m0/s1. The van der Waals surface area contributed by atoms with Crippen molar-refractivity contribution in [1.82, 2.24) is 4.31 Å². The highest BCUT2D eigenvalue weighted by Gasteiger charge is 2.30. The van der Waals surface area contributed by atoms with Crippen molar-refractivity contribution < 1.29 is 37.0 Å². The van der Waals surface area contributed by atoms with Crippen LogP contribution in [0.15, 0.2) is 47.4 Å². The topological polar surface area (TPSA) is 120 Å². The van der Waals surface area contributed by atoms with Crippen LogP contribution >= 0.6 is 0 Å². The number of anilines is 1. The van der Waals surface area contributed by atoms with Crippen LogP contribution in [-0.2, 0) is 29.1 Å². The number of amides is 1. The molecule has 2 aromatic carbocycles. The van der Waals surface area contributed by atoms with Gasteiger partial charge < -0.3 is 24.3 Å². The van der Waals surface area contributed by atoms with Gasteiger partial charge in [-0.3, -0.25) is 4.79 Å². The Morgan fingerprint density at radius 3 is 2.61 bits per heavy atom. The number of para-hydroxylation sites is 2. The minimum atomic E-state index is -3.73. The molecule has 2 aliphatic rings. The first-order valence-electron chi connectivity index (χ1n) is 10.4. The Balaban J connectivity index is 1.35. The molecule has 1 N–H and O–H groups in total. The summed E-state index contributed by atoms with van der Waals surface area (Å²) in [5.41, 5.74) is 0.834. The Morgan fingerprint density at radius 1 is 1.12 bits per heavy atom. The third-order valence-electron chi connectivity index (χ3n) is 5.18. The maximum absolute atomic E-state index is 13.0. The quantitative estimate of drug-likeness (QED) is 0.620. The molecule has 0 aromatic heterocycles. The molecule has 4 rings (SSSR count). The molecule has 33 heavy (non-hydrogen) atoms. The van der Waals surface area contributed by atoms with Gasteiger partial charge in [-0.2, -0.15) is 4.31 Å². The smallest absolute Gasteiger partial charge is 0.351 e. The van der Waals surface area contributed by atoms with Crippen LogP contribution in [0.5, 0.6) is 11.5 Å². The first kappa shape index (κ1) is 23.0. The van der Waals surface area contributed by atoms with Crippen LogP contribution in [0, 0.1) is 6.92 Å². The fourth-order valence-electron chi connectivity index (χ4n) is 3.44. The summed E-state index contributed by atoms with van der Waals surface area (Å²) in [5.74, 6) is -0.400. The number of esters is 1. The van der Waals surface area contributed by atoms with E-state index in [1.54, 1.807) is 43.3 Å². The van der Waals surface area contributed by atoms with Crippen LogP contribution in [0.4, 0.5) is 5.69 Å². The first-order chi connectivity index (χ1) is 15.8. The number of nitrogens with one attached hydrogen (secondary N) is 1. The largest absolute Gasteiger partial charge is 0.485 e. The zero-order valence-corrected chi connectivity index (χ0v) is 18.8. The number of ether oxygens (including phenoxy) is 4. The highest BCUT2D eigenvalue weighted by molar-refractivity contribution is 7.89. The second-order valence-electron chi connectivity index (χ2n) is 7.52. The van der Waals surface area contributed by atoms with Gasteiger partial charge in [-0.1, -0.05) is 18.2 Å². The van der Waals surface area contributed by atoms with Gasteiger partial charge in [0.2, 0.25) is 16.1 Å². The Morgan fingerprint density at radius 2 is 1.85 bits per heavy atom. The van der Waals surface area contributed by atoms with Crippen LogP contribution in [-0.4, -0.2) is 70.2 Å². The fraction of sp³-hybridized carbons (Fsp3) is 0.364. The van der Waals surface area contributed by atoms with Gasteiger partial charge in [0.1, 0.15) is 6.61 Å². The van der Waals surface area contributed by atoms with E-state index in [9.17, 15) is 18.0 Å². The Hall–Kier alpha value is -3.15. The van der Waals surface area contributed by atoms with E-state index in [0.29, 0.717) is 30.3 Å². The summed E-state index contributed by atoms with van der Waals surface area (Å²) in [5, 5.41) is 2.56. The Kier molecular flexibility index (Phi) is 6.82. The summed E-state index contributed by atoms with van der Waals surface area (Å²) in [4.78, 5) is 24.7. The molecule has 0 aliphatic carbocycles. The molecule has 2 aliphatic heterocycles. The van der Waals surface area contributed by atoms with Gasteiger partial charge in [-0.25, -0.2) is 13.2 Å². The zero-order valence-electron chi connectivity index (χ0n) is 18.0. The van der Waals surface area contributed by atoms with Crippen LogP contribution in [0.25, 0.3) is 0 Å². The van der Waals surface area contributed by atoms with Crippen molar-refractivity contribution in [2.75, 3.05) is 44.8 Å². The van der Waals surface area contributed by atoms with Crippen molar-refractivity contribution in [2.24, 2.45) is 0 Å². The molecule has 1 amide bonds. The molecule has 10 nitrogen and oxygen atoms in total. The Bertz CT molecular complexity index is 1140. The van der Waals surface area contributed by atoms with Gasteiger partial charge in [-0.15, -0.1) is 0 Å². The van der Waals surface area contributed by atoms with Crippen molar-refractivity contribution in [3.8, 4) is 11.5 Å². The first-order valence-corrected chi connectivity index (χ1v) is 11.8. The van der Waals surface area contributed by atoms with E-state index in [-0.39, 0.29) is 30.3 Å². The molecule has 1 fully saturated rings. The number of nitrogens with zero attached hydrogens (tertiary/aromatic N) is 1. The summed E-state index contributed by atoms with van der Waals surface area (Å²) >= 11 is 0. The summed E-state index contributed by atoms with van der Waals surface area (Å²) in [6.45, 7) is 2.31. The second-order valence-corrected chi connectivity index (χ2v) is 9.42. The number of hydrogen-bond acceptors (Lipinski definition) is 8. The van der Waals surface area contributed by atoms with Gasteiger partial charge in [0, 0.05) is 18.8 Å². The number of benzene rings is 2. The number of morpholine rings is 1. The third-order valence-corrected chi connectivity index (χ3v) is 7.22. The molecule has 0 saturated carbocycles. The Labute approximate surface area is 191 Å². The molecule has 0 unspecified atom stereocenters. The lowest BCUT2D eigenvalue weighted by molar-refractivity contribution is -0.156. The molecule has 11 heteroatoms. The number of carbonyl (C=O) groups excluding carboxylic acids is 2. The number of hydrogen-bond donors (Lipinski definition) is 1. The zero-order chi connectivity index (χ0) is 23.4. The van der Waals surface area contributed by atoms with E-state index in [1.165, 1.54) is 10.4 Å². The number of rotatable bonds is 6. The van der Waals surface area contributed by atoms with Crippen molar-refractivity contribution >= 4 is 27.6 Å². The van der Waals surface area contributed by atoms with E-state index in [2.05, 4.69) is 5.32 Å². The van der Waals surface area contributed by atoms with Crippen LogP contribution in [0.2, 0.25) is 0 Å². The van der Waals surface area contributed by atoms with E-state index in [4.69, 9.17) is 18.9 Å². The minimum absolute atomic E-state index is 0.0296. The van der Waals surface area contributed by atoms with E-state index >= 15 is 0 Å². The maximum Gasteiger partial charge on any atom is 0.351 e. The van der Waals surface area contributed by atoms with Crippen molar-refractivity contribution in [3.05, 3.63) is 48.0 Å². The average Bonchev–Trinajstić information content (AvgIpc) is 2.84. The monoisotopic (exact) mass is 476 g/mol. The van der Waals surface area contributed by atoms with Crippen LogP contribution < -0.4 is 14.8 Å². The fourth-order valence-corrected chi connectivity index (χ4v) is 5.10. The lowest BCUT2D eigenvalue weighted by Gasteiger charge is -2.27. The van der Waals surface area contributed by atoms with Gasteiger partial charge in [0.15, 0.2) is 18.1 Å². The molecule has 0 bridgehead atoms.